The molecule has 0 spiro atoms. The van der Waals surface area contributed by atoms with Crippen LogP contribution in [0, 0.1) is 13.8 Å². The van der Waals surface area contributed by atoms with E-state index in [0.29, 0.717) is 6.54 Å². The van der Waals surface area contributed by atoms with Crippen molar-refractivity contribution in [2.24, 2.45) is 4.99 Å². The zero-order valence-electron chi connectivity index (χ0n) is 17.1. The summed E-state index contributed by atoms with van der Waals surface area (Å²) in [7, 11) is 0. The molecule has 2 unspecified atom stereocenters. The molecule has 1 aromatic carbocycles. The SMILES string of the molecule is CCNC(=NCC(C)Oc1cccc(C)c1)NC1CCCn2nc(C)nc21.I. The van der Waals surface area contributed by atoms with Crippen molar-refractivity contribution in [3.63, 3.8) is 0 Å². The zero-order chi connectivity index (χ0) is 19.2. The average Bonchev–Trinajstić information content (AvgIpc) is 3.01. The minimum atomic E-state index is -0.0143. The van der Waals surface area contributed by atoms with E-state index in [2.05, 4.69) is 40.6 Å². The summed E-state index contributed by atoms with van der Waals surface area (Å²) in [6.45, 7) is 10.4. The van der Waals surface area contributed by atoms with Gasteiger partial charge >= 0.3 is 0 Å². The second-order valence-corrected chi connectivity index (χ2v) is 7.04. The highest BCUT2D eigenvalue weighted by Gasteiger charge is 2.24. The van der Waals surface area contributed by atoms with Gasteiger partial charge in [-0.05, 0) is 58.2 Å². The summed E-state index contributed by atoms with van der Waals surface area (Å²) < 4.78 is 7.99. The molecule has 0 radical (unpaired) electrons. The Hall–Kier alpha value is -1.84. The minimum absolute atomic E-state index is 0. The number of aromatic nitrogens is 3. The molecule has 0 aliphatic carbocycles. The van der Waals surface area contributed by atoms with Crippen LogP contribution in [0.3, 0.4) is 0 Å². The van der Waals surface area contributed by atoms with Crippen LogP contribution in [0.5, 0.6) is 5.75 Å². The number of hydrogen-bond acceptors (Lipinski definition) is 4. The van der Waals surface area contributed by atoms with Gasteiger partial charge in [0.05, 0.1) is 12.6 Å². The smallest absolute Gasteiger partial charge is 0.191 e. The first kappa shape index (κ1) is 22.4. The van der Waals surface area contributed by atoms with Crippen LogP contribution < -0.4 is 15.4 Å². The van der Waals surface area contributed by atoms with Gasteiger partial charge in [0.15, 0.2) is 5.96 Å². The molecule has 28 heavy (non-hydrogen) atoms. The molecule has 0 saturated carbocycles. The maximum Gasteiger partial charge on any atom is 0.191 e. The predicted molar refractivity (Wildman–Crippen MR) is 123 cm³/mol. The number of halogens is 1. The third-order valence-corrected chi connectivity index (χ3v) is 4.47. The number of hydrogen-bond donors (Lipinski definition) is 2. The molecule has 1 aliphatic heterocycles. The van der Waals surface area contributed by atoms with Crippen molar-refractivity contribution in [1.82, 2.24) is 25.4 Å². The highest BCUT2D eigenvalue weighted by Crippen LogP contribution is 2.22. The Morgan fingerprint density at radius 1 is 1.39 bits per heavy atom. The summed E-state index contributed by atoms with van der Waals surface area (Å²) in [5.41, 5.74) is 1.19. The minimum Gasteiger partial charge on any atom is -0.489 e. The molecule has 154 valence electrons. The van der Waals surface area contributed by atoms with Crippen LogP contribution in [0.2, 0.25) is 0 Å². The van der Waals surface area contributed by atoms with E-state index in [0.717, 1.165) is 49.3 Å². The number of nitrogens with zero attached hydrogens (tertiary/aromatic N) is 4. The van der Waals surface area contributed by atoms with Gasteiger partial charge in [-0.2, -0.15) is 5.10 Å². The van der Waals surface area contributed by atoms with E-state index in [1.807, 2.05) is 36.7 Å². The second kappa shape index (κ2) is 10.6. The summed E-state index contributed by atoms with van der Waals surface area (Å²) >= 11 is 0. The number of aliphatic imine (C=N–C) groups is 1. The van der Waals surface area contributed by atoms with Crippen molar-refractivity contribution in [2.45, 2.75) is 59.2 Å². The second-order valence-electron chi connectivity index (χ2n) is 7.04. The molecule has 1 aromatic heterocycles. The lowest BCUT2D eigenvalue weighted by atomic mass is 10.1. The fraction of sp³-hybridized carbons (Fsp3) is 0.550. The van der Waals surface area contributed by atoms with E-state index in [-0.39, 0.29) is 36.1 Å². The van der Waals surface area contributed by atoms with E-state index in [1.165, 1.54) is 5.56 Å². The first-order chi connectivity index (χ1) is 13.0. The summed E-state index contributed by atoms with van der Waals surface area (Å²) in [6.07, 6.45) is 2.09. The van der Waals surface area contributed by atoms with E-state index in [1.54, 1.807) is 0 Å². The average molecular weight is 498 g/mol. The lowest BCUT2D eigenvalue weighted by molar-refractivity contribution is 0.230. The number of ether oxygens (including phenoxy) is 1. The van der Waals surface area contributed by atoms with Gasteiger partial charge in [0.1, 0.15) is 23.5 Å². The molecule has 3 rings (SSSR count). The fourth-order valence-corrected chi connectivity index (χ4v) is 3.27. The predicted octanol–water partition coefficient (Wildman–Crippen LogP) is 3.37. The summed E-state index contributed by atoms with van der Waals surface area (Å²) in [5.74, 6) is 3.48. The summed E-state index contributed by atoms with van der Waals surface area (Å²) in [6, 6.07) is 8.22. The van der Waals surface area contributed by atoms with Crippen molar-refractivity contribution >= 4 is 29.9 Å². The Morgan fingerprint density at radius 3 is 2.96 bits per heavy atom. The molecule has 0 bridgehead atoms. The lowest BCUT2D eigenvalue weighted by Gasteiger charge is -2.25. The number of rotatable bonds is 6. The quantitative estimate of drug-likeness (QED) is 0.363. The van der Waals surface area contributed by atoms with Crippen LogP contribution in [0.15, 0.2) is 29.3 Å². The van der Waals surface area contributed by atoms with Crippen molar-refractivity contribution in [3.05, 3.63) is 41.5 Å². The highest BCUT2D eigenvalue weighted by atomic mass is 127. The Morgan fingerprint density at radius 2 is 2.21 bits per heavy atom. The number of aryl methyl sites for hydroxylation is 3. The standard InChI is InChI=1S/C20H30N6O.HI/c1-5-21-20(22-13-15(3)27-17-9-6-8-14(2)12-17)24-18-10-7-11-26-19(18)23-16(4)25-26;/h6,8-9,12,15,18H,5,7,10-11,13H2,1-4H3,(H2,21,22,24);1H. The molecule has 7 nitrogen and oxygen atoms in total. The number of guanidine groups is 1. The Balaban J connectivity index is 0.00000280. The molecule has 2 aromatic rings. The van der Waals surface area contributed by atoms with E-state index in [9.17, 15) is 0 Å². The molecule has 0 fully saturated rings. The van der Waals surface area contributed by atoms with Crippen molar-refractivity contribution in [1.29, 1.82) is 0 Å². The topological polar surface area (TPSA) is 76.4 Å². The third kappa shape index (κ3) is 6.08. The van der Waals surface area contributed by atoms with Gasteiger partial charge in [-0.15, -0.1) is 24.0 Å². The van der Waals surface area contributed by atoms with Gasteiger partial charge in [-0.1, -0.05) is 12.1 Å². The number of benzene rings is 1. The molecule has 2 N–H and O–H groups in total. The Kier molecular flexibility index (Phi) is 8.53. The highest BCUT2D eigenvalue weighted by molar-refractivity contribution is 14.0. The first-order valence-corrected chi connectivity index (χ1v) is 9.74. The molecule has 1 aliphatic rings. The van der Waals surface area contributed by atoms with E-state index < -0.39 is 0 Å². The number of fused-ring (bicyclic) bond motifs is 1. The third-order valence-electron chi connectivity index (χ3n) is 4.47. The maximum atomic E-state index is 5.98. The van der Waals surface area contributed by atoms with Crippen molar-refractivity contribution in [3.8, 4) is 5.75 Å². The Labute approximate surface area is 184 Å². The van der Waals surface area contributed by atoms with Gasteiger partial charge in [0, 0.05) is 13.1 Å². The summed E-state index contributed by atoms with van der Waals surface area (Å²) in [5, 5.41) is 11.3. The summed E-state index contributed by atoms with van der Waals surface area (Å²) in [4.78, 5) is 9.30. The fourth-order valence-electron chi connectivity index (χ4n) is 3.27. The van der Waals surface area contributed by atoms with Crippen LogP contribution in [-0.2, 0) is 6.54 Å². The largest absolute Gasteiger partial charge is 0.489 e. The van der Waals surface area contributed by atoms with Crippen LogP contribution in [-0.4, -0.2) is 39.9 Å². The van der Waals surface area contributed by atoms with Crippen molar-refractivity contribution < 1.29 is 4.74 Å². The molecule has 2 heterocycles. The molecule has 0 saturated heterocycles. The van der Waals surface area contributed by atoms with Gasteiger partial charge in [0.2, 0.25) is 0 Å². The first-order valence-electron chi connectivity index (χ1n) is 9.74. The number of nitrogens with one attached hydrogen (secondary N) is 2. The maximum absolute atomic E-state index is 5.98. The Bertz CT molecular complexity index is 791. The molecule has 2 atom stereocenters. The zero-order valence-corrected chi connectivity index (χ0v) is 19.4. The van der Waals surface area contributed by atoms with Crippen molar-refractivity contribution in [2.75, 3.05) is 13.1 Å². The molecular formula is C20H31IN6O. The van der Waals surface area contributed by atoms with Crippen LogP contribution in [0.1, 0.15) is 49.9 Å². The van der Waals surface area contributed by atoms with Gasteiger partial charge < -0.3 is 15.4 Å². The van der Waals surface area contributed by atoms with E-state index >= 15 is 0 Å². The molecule has 8 heteroatoms. The normalized spacial score (nSPS) is 17.3. The van der Waals surface area contributed by atoms with Crippen LogP contribution >= 0.6 is 24.0 Å². The van der Waals surface area contributed by atoms with Crippen LogP contribution in [0.25, 0.3) is 0 Å². The van der Waals surface area contributed by atoms with Gasteiger partial charge in [-0.25, -0.2) is 14.7 Å². The molecular weight excluding hydrogens is 467 g/mol. The van der Waals surface area contributed by atoms with Gasteiger partial charge in [-0.3, -0.25) is 0 Å². The van der Waals surface area contributed by atoms with E-state index in [4.69, 9.17) is 9.73 Å². The monoisotopic (exact) mass is 498 g/mol. The lowest BCUT2D eigenvalue weighted by Crippen LogP contribution is -2.42. The molecule has 0 amide bonds. The van der Waals surface area contributed by atoms with Crippen LogP contribution in [0.4, 0.5) is 0 Å². The van der Waals surface area contributed by atoms with Gasteiger partial charge in [0.25, 0.3) is 0 Å².